The first kappa shape index (κ1) is 21.3. The van der Waals surface area contributed by atoms with Gasteiger partial charge in [0.05, 0.1) is 26.5 Å². The van der Waals surface area contributed by atoms with Crippen LogP contribution in [0.25, 0.3) is 11.4 Å². The summed E-state index contributed by atoms with van der Waals surface area (Å²) in [6, 6.07) is 10.4. The molecule has 1 amide bonds. The number of carbonyl (C=O) groups is 1. The molecule has 0 radical (unpaired) electrons. The van der Waals surface area contributed by atoms with E-state index in [9.17, 15) is 4.79 Å². The second-order valence-corrected chi connectivity index (χ2v) is 8.24. The molecule has 3 rings (SSSR count). The summed E-state index contributed by atoms with van der Waals surface area (Å²) in [5.74, 6) is 0.574. The van der Waals surface area contributed by atoms with E-state index in [1.165, 1.54) is 23.9 Å². The molecule has 10 heteroatoms. The molecule has 3 aromatic rings. The van der Waals surface area contributed by atoms with Gasteiger partial charge >= 0.3 is 0 Å². The molecule has 28 heavy (non-hydrogen) atoms. The summed E-state index contributed by atoms with van der Waals surface area (Å²) in [5.41, 5.74) is 1.26. The first-order chi connectivity index (χ1) is 13.4. The fourth-order valence-corrected chi connectivity index (χ4v) is 4.04. The summed E-state index contributed by atoms with van der Waals surface area (Å²) in [6.45, 7) is 2.63. The molecule has 1 heterocycles. The van der Waals surface area contributed by atoms with Crippen LogP contribution in [-0.2, 0) is 11.3 Å². The highest BCUT2D eigenvalue weighted by Gasteiger charge is 2.16. The lowest BCUT2D eigenvalue weighted by Gasteiger charge is -2.09. The molecule has 0 saturated carbocycles. The van der Waals surface area contributed by atoms with E-state index in [2.05, 4.69) is 15.5 Å². The van der Waals surface area contributed by atoms with Gasteiger partial charge in [-0.3, -0.25) is 4.79 Å². The maximum absolute atomic E-state index is 12.3. The molecule has 2 aromatic carbocycles. The molecule has 0 unspecified atom stereocenters. The van der Waals surface area contributed by atoms with Gasteiger partial charge in [-0.25, -0.2) is 0 Å². The van der Waals surface area contributed by atoms with Crippen LogP contribution in [0.2, 0.25) is 20.1 Å². The van der Waals surface area contributed by atoms with E-state index in [0.717, 1.165) is 5.56 Å². The van der Waals surface area contributed by atoms with E-state index < -0.39 is 0 Å². The summed E-state index contributed by atoms with van der Waals surface area (Å²) in [5, 5.41) is 13.4. The van der Waals surface area contributed by atoms with Crippen molar-refractivity contribution in [2.24, 2.45) is 0 Å². The number of amides is 1. The first-order valence-electron chi connectivity index (χ1n) is 8.15. The van der Waals surface area contributed by atoms with Gasteiger partial charge in [0.1, 0.15) is 0 Å². The lowest BCUT2D eigenvalue weighted by Crippen LogP contribution is -2.15. The molecule has 0 aliphatic rings. The Kier molecular flexibility index (Phi) is 7.12. The van der Waals surface area contributed by atoms with E-state index in [1.807, 2.05) is 29.7 Å². The Bertz CT molecular complexity index is 1020. The van der Waals surface area contributed by atoms with Crippen molar-refractivity contribution in [3.05, 3.63) is 56.5 Å². The van der Waals surface area contributed by atoms with Crippen LogP contribution in [-0.4, -0.2) is 26.4 Å². The molecule has 0 atom stereocenters. The largest absolute Gasteiger partial charge is 0.324 e. The quantitative estimate of drug-likeness (QED) is 0.335. The Labute approximate surface area is 186 Å². The van der Waals surface area contributed by atoms with E-state index in [4.69, 9.17) is 46.4 Å². The molecular weight excluding hydrogens is 462 g/mol. The highest BCUT2D eigenvalue weighted by Crippen LogP contribution is 2.32. The van der Waals surface area contributed by atoms with Gasteiger partial charge in [0.25, 0.3) is 0 Å². The zero-order chi connectivity index (χ0) is 20.3. The molecule has 5 nitrogen and oxygen atoms in total. The van der Waals surface area contributed by atoms with E-state index in [-0.39, 0.29) is 11.7 Å². The molecule has 0 fully saturated rings. The predicted octanol–water partition coefficient (Wildman–Crippen LogP) is 6.31. The highest BCUT2D eigenvalue weighted by molar-refractivity contribution is 7.99. The van der Waals surface area contributed by atoms with Gasteiger partial charge in [-0.2, -0.15) is 0 Å². The van der Waals surface area contributed by atoms with Crippen LogP contribution in [0.3, 0.4) is 0 Å². The normalized spacial score (nSPS) is 10.9. The minimum Gasteiger partial charge on any atom is -0.324 e. The van der Waals surface area contributed by atoms with Gasteiger partial charge < -0.3 is 9.88 Å². The van der Waals surface area contributed by atoms with Gasteiger partial charge in [0, 0.05) is 17.1 Å². The Morgan fingerprint density at radius 2 is 1.82 bits per heavy atom. The average Bonchev–Trinajstić information content (AvgIpc) is 3.07. The van der Waals surface area contributed by atoms with E-state index in [0.29, 0.717) is 43.3 Å². The van der Waals surface area contributed by atoms with Crippen molar-refractivity contribution in [1.82, 2.24) is 14.8 Å². The van der Waals surface area contributed by atoms with Gasteiger partial charge in [0.15, 0.2) is 11.0 Å². The van der Waals surface area contributed by atoms with Crippen molar-refractivity contribution in [1.29, 1.82) is 0 Å². The maximum atomic E-state index is 12.3. The molecule has 0 spiro atoms. The summed E-state index contributed by atoms with van der Waals surface area (Å²) >= 11 is 25.3. The number of benzene rings is 2. The molecule has 146 valence electrons. The number of rotatable bonds is 6. The Morgan fingerprint density at radius 3 is 2.54 bits per heavy atom. The standard InChI is InChI=1S/C18H14Cl4N4OS/c1-2-26-17(10-4-3-5-11(19)6-10)24-25-18(26)28-9-16(27)23-15-8-13(21)12(20)7-14(15)22/h3-8H,2,9H2,1H3,(H,23,27). The zero-order valence-electron chi connectivity index (χ0n) is 14.5. The first-order valence-corrected chi connectivity index (χ1v) is 10.6. The van der Waals surface area contributed by atoms with Crippen molar-refractivity contribution in [3.8, 4) is 11.4 Å². The second kappa shape index (κ2) is 9.37. The summed E-state index contributed by atoms with van der Waals surface area (Å²) in [7, 11) is 0. The summed E-state index contributed by atoms with van der Waals surface area (Å²) < 4.78 is 1.93. The van der Waals surface area contributed by atoms with Crippen molar-refractivity contribution in [2.75, 3.05) is 11.1 Å². The molecule has 0 saturated heterocycles. The van der Waals surface area contributed by atoms with Crippen LogP contribution in [0.4, 0.5) is 5.69 Å². The van der Waals surface area contributed by atoms with Gasteiger partial charge in [-0.05, 0) is 31.2 Å². The van der Waals surface area contributed by atoms with Crippen molar-refractivity contribution < 1.29 is 4.79 Å². The van der Waals surface area contributed by atoms with E-state index >= 15 is 0 Å². The Hall–Kier alpha value is -1.44. The van der Waals surface area contributed by atoms with Crippen molar-refractivity contribution in [2.45, 2.75) is 18.6 Å². The fourth-order valence-electron chi connectivity index (χ4n) is 2.46. The number of anilines is 1. The van der Waals surface area contributed by atoms with Crippen LogP contribution in [0.5, 0.6) is 0 Å². The molecule has 0 bridgehead atoms. The van der Waals surface area contributed by atoms with Gasteiger partial charge in [0.2, 0.25) is 5.91 Å². The Morgan fingerprint density at radius 1 is 1.07 bits per heavy atom. The molecule has 0 aliphatic carbocycles. The number of nitrogens with zero attached hydrogens (tertiary/aromatic N) is 3. The number of hydrogen-bond donors (Lipinski definition) is 1. The van der Waals surface area contributed by atoms with Crippen LogP contribution in [0.15, 0.2) is 41.6 Å². The molecule has 1 aromatic heterocycles. The third-order valence-electron chi connectivity index (χ3n) is 3.73. The monoisotopic (exact) mass is 474 g/mol. The highest BCUT2D eigenvalue weighted by atomic mass is 35.5. The number of carbonyl (C=O) groups excluding carboxylic acids is 1. The topological polar surface area (TPSA) is 59.8 Å². The van der Waals surface area contributed by atoms with Gasteiger partial charge in [-0.1, -0.05) is 70.3 Å². The van der Waals surface area contributed by atoms with Crippen molar-refractivity contribution >= 4 is 69.8 Å². The van der Waals surface area contributed by atoms with E-state index in [1.54, 1.807) is 6.07 Å². The minimum absolute atomic E-state index is 0.129. The van der Waals surface area contributed by atoms with Crippen LogP contribution in [0.1, 0.15) is 6.92 Å². The zero-order valence-corrected chi connectivity index (χ0v) is 18.4. The van der Waals surface area contributed by atoms with Crippen molar-refractivity contribution in [3.63, 3.8) is 0 Å². The number of halogens is 4. The number of aromatic nitrogens is 3. The summed E-state index contributed by atoms with van der Waals surface area (Å²) in [4.78, 5) is 12.3. The molecule has 0 aliphatic heterocycles. The number of nitrogens with one attached hydrogen (secondary N) is 1. The van der Waals surface area contributed by atoms with Crippen LogP contribution in [0, 0.1) is 0 Å². The minimum atomic E-state index is -0.250. The lowest BCUT2D eigenvalue weighted by atomic mass is 10.2. The predicted molar refractivity (Wildman–Crippen MR) is 117 cm³/mol. The molecule has 1 N–H and O–H groups in total. The number of hydrogen-bond acceptors (Lipinski definition) is 4. The third kappa shape index (κ3) is 4.93. The second-order valence-electron chi connectivity index (χ2n) is 5.64. The SMILES string of the molecule is CCn1c(SCC(=O)Nc2cc(Cl)c(Cl)cc2Cl)nnc1-c1cccc(Cl)c1. The lowest BCUT2D eigenvalue weighted by molar-refractivity contribution is -0.113. The van der Waals surface area contributed by atoms with Crippen LogP contribution < -0.4 is 5.32 Å². The summed E-state index contributed by atoms with van der Waals surface area (Å²) in [6.07, 6.45) is 0. The maximum Gasteiger partial charge on any atom is 0.234 e. The Balaban J connectivity index is 1.71. The third-order valence-corrected chi connectivity index (χ3v) is 5.97. The fraction of sp³-hybridized carbons (Fsp3) is 0.167. The van der Waals surface area contributed by atoms with Crippen LogP contribution >= 0.6 is 58.2 Å². The average molecular weight is 476 g/mol. The van der Waals surface area contributed by atoms with Gasteiger partial charge in [-0.15, -0.1) is 10.2 Å². The molecular formula is C18H14Cl4N4OS. The smallest absolute Gasteiger partial charge is 0.234 e. The number of thioether (sulfide) groups is 1.